The average molecular weight is 464 g/mol. The molecule has 0 fully saturated rings. The molecule has 8 heteroatoms. The van der Waals surface area contributed by atoms with Gasteiger partial charge in [-0.1, -0.05) is 6.07 Å². The van der Waals surface area contributed by atoms with Gasteiger partial charge < -0.3 is 10.1 Å². The average Bonchev–Trinajstić information content (AvgIpc) is 2.86. The fourth-order valence-electron chi connectivity index (χ4n) is 4.34. The van der Waals surface area contributed by atoms with Crippen molar-refractivity contribution in [3.05, 3.63) is 70.6 Å². The minimum Gasteiger partial charge on any atom is -0.497 e. The van der Waals surface area contributed by atoms with Crippen molar-refractivity contribution in [3.63, 3.8) is 0 Å². The van der Waals surface area contributed by atoms with Crippen LogP contribution in [0.3, 0.4) is 0 Å². The largest absolute Gasteiger partial charge is 0.497 e. The lowest BCUT2D eigenvalue weighted by Gasteiger charge is -2.25. The fraction of sp³-hybridized carbons (Fsp3) is 0.346. The SMILES string of the molecule is COc1ccc(C(=O)CCC(=O)Nc2cc(CC3N=NC(=O)C4=C3CCCC4)ccc2F)cc1. The molecule has 2 aromatic rings. The number of azo groups is 1. The van der Waals surface area contributed by atoms with Gasteiger partial charge in [-0.3, -0.25) is 14.4 Å². The summed E-state index contributed by atoms with van der Waals surface area (Å²) < 4.78 is 19.4. The van der Waals surface area contributed by atoms with Gasteiger partial charge in [0.2, 0.25) is 5.91 Å². The number of methoxy groups -OCH3 is 1. The molecule has 1 aliphatic carbocycles. The number of Topliss-reactive ketones (excluding diaryl/α,β-unsaturated/α-hetero) is 1. The third-order valence-corrected chi connectivity index (χ3v) is 6.18. The minimum absolute atomic E-state index is 0.00684. The van der Waals surface area contributed by atoms with E-state index < -0.39 is 11.7 Å². The number of benzene rings is 2. The van der Waals surface area contributed by atoms with E-state index >= 15 is 0 Å². The zero-order valence-corrected chi connectivity index (χ0v) is 19.0. The number of rotatable bonds is 8. The molecule has 0 saturated carbocycles. The van der Waals surface area contributed by atoms with Crippen LogP contribution in [0.1, 0.15) is 54.4 Å². The van der Waals surface area contributed by atoms with Gasteiger partial charge in [-0.2, -0.15) is 5.11 Å². The standard InChI is InChI=1S/C26H26FN3O4/c1-34-18-9-7-17(8-10-18)24(31)12-13-25(32)28-23-15-16(6-11-21(23)27)14-22-19-4-2-3-5-20(19)26(33)30-29-22/h6-11,15,22H,2-5,12-14H2,1H3,(H,28,32). The van der Waals surface area contributed by atoms with E-state index in [0.29, 0.717) is 17.7 Å². The van der Waals surface area contributed by atoms with Crippen LogP contribution in [0.4, 0.5) is 10.1 Å². The molecule has 0 spiro atoms. The maximum absolute atomic E-state index is 14.4. The van der Waals surface area contributed by atoms with Crippen LogP contribution < -0.4 is 10.1 Å². The maximum atomic E-state index is 14.4. The Balaban J connectivity index is 1.37. The molecule has 2 aromatic carbocycles. The van der Waals surface area contributed by atoms with Gasteiger partial charge in [-0.15, -0.1) is 5.11 Å². The maximum Gasteiger partial charge on any atom is 0.291 e. The highest BCUT2D eigenvalue weighted by molar-refractivity contribution is 6.00. The topological polar surface area (TPSA) is 97.2 Å². The van der Waals surface area contributed by atoms with Crippen molar-refractivity contribution in [1.82, 2.24) is 0 Å². The van der Waals surface area contributed by atoms with E-state index in [0.717, 1.165) is 42.4 Å². The molecule has 2 amide bonds. The third kappa shape index (κ3) is 5.44. The van der Waals surface area contributed by atoms with Crippen LogP contribution in [0.5, 0.6) is 5.75 Å². The molecule has 1 N–H and O–H groups in total. The van der Waals surface area contributed by atoms with Crippen LogP contribution in [-0.2, 0) is 16.0 Å². The number of anilines is 1. The normalized spacial score (nSPS) is 17.4. The number of carbonyl (C=O) groups is 3. The van der Waals surface area contributed by atoms with Crippen LogP contribution in [0.15, 0.2) is 63.8 Å². The lowest BCUT2D eigenvalue weighted by atomic mass is 9.84. The Kier molecular flexibility index (Phi) is 7.25. The first-order valence-electron chi connectivity index (χ1n) is 11.4. The second-order valence-corrected chi connectivity index (χ2v) is 8.47. The lowest BCUT2D eigenvalue weighted by molar-refractivity contribution is -0.116. The minimum atomic E-state index is -0.559. The summed E-state index contributed by atoms with van der Waals surface area (Å²) in [6.45, 7) is 0. The van der Waals surface area contributed by atoms with Crippen LogP contribution >= 0.6 is 0 Å². The first-order valence-corrected chi connectivity index (χ1v) is 11.4. The van der Waals surface area contributed by atoms with Gasteiger partial charge >= 0.3 is 0 Å². The summed E-state index contributed by atoms with van der Waals surface area (Å²) >= 11 is 0. The first kappa shape index (κ1) is 23.5. The fourth-order valence-corrected chi connectivity index (χ4v) is 4.34. The van der Waals surface area contributed by atoms with Crippen molar-refractivity contribution in [2.75, 3.05) is 12.4 Å². The molecule has 0 aromatic heterocycles. The first-order chi connectivity index (χ1) is 16.4. The van der Waals surface area contributed by atoms with Gasteiger partial charge in [-0.05, 0) is 73.2 Å². The summed E-state index contributed by atoms with van der Waals surface area (Å²) in [6, 6.07) is 10.9. The van der Waals surface area contributed by atoms with Crippen LogP contribution in [0.2, 0.25) is 0 Å². The Morgan fingerprint density at radius 1 is 1.09 bits per heavy atom. The van der Waals surface area contributed by atoms with Gasteiger partial charge in [0.1, 0.15) is 11.6 Å². The summed E-state index contributed by atoms with van der Waals surface area (Å²) in [5.41, 5.74) is 3.11. The summed E-state index contributed by atoms with van der Waals surface area (Å²) in [6.07, 6.45) is 3.94. The van der Waals surface area contributed by atoms with E-state index in [1.54, 1.807) is 43.5 Å². The second-order valence-electron chi connectivity index (χ2n) is 8.47. The van der Waals surface area contributed by atoms with Crippen LogP contribution in [-0.4, -0.2) is 30.7 Å². The van der Waals surface area contributed by atoms with Crippen molar-refractivity contribution >= 4 is 23.3 Å². The van der Waals surface area contributed by atoms with Crippen LogP contribution in [0.25, 0.3) is 0 Å². The summed E-state index contributed by atoms with van der Waals surface area (Å²) in [4.78, 5) is 36.8. The highest BCUT2D eigenvalue weighted by Crippen LogP contribution is 2.34. The Hall–Kier alpha value is -3.68. The highest BCUT2D eigenvalue weighted by Gasteiger charge is 2.29. The van der Waals surface area contributed by atoms with Crippen molar-refractivity contribution in [1.29, 1.82) is 0 Å². The Morgan fingerprint density at radius 3 is 2.62 bits per heavy atom. The number of ether oxygens (including phenoxy) is 1. The Bertz CT molecular complexity index is 1170. The molecule has 1 atom stereocenters. The number of hydrogen-bond acceptors (Lipinski definition) is 5. The number of hydrogen-bond donors (Lipinski definition) is 1. The van der Waals surface area contributed by atoms with Crippen molar-refractivity contribution in [2.45, 2.75) is 51.0 Å². The second kappa shape index (κ2) is 10.5. The van der Waals surface area contributed by atoms with Crippen LogP contribution in [0, 0.1) is 5.82 Å². The summed E-state index contributed by atoms with van der Waals surface area (Å²) in [5, 5.41) is 10.6. The summed E-state index contributed by atoms with van der Waals surface area (Å²) in [7, 11) is 1.54. The van der Waals surface area contributed by atoms with Gasteiger partial charge in [0.15, 0.2) is 5.78 Å². The Labute approximate surface area is 197 Å². The van der Waals surface area contributed by atoms with E-state index in [-0.39, 0.29) is 36.3 Å². The van der Waals surface area contributed by atoms with E-state index in [4.69, 9.17) is 4.74 Å². The molecule has 4 rings (SSSR count). The summed E-state index contributed by atoms with van der Waals surface area (Å²) in [5.74, 6) is -0.792. The molecule has 0 bridgehead atoms. The number of nitrogens with zero attached hydrogens (tertiary/aromatic N) is 2. The molecule has 34 heavy (non-hydrogen) atoms. The predicted octanol–water partition coefficient (Wildman–Crippen LogP) is 5.21. The van der Waals surface area contributed by atoms with Gasteiger partial charge in [0.05, 0.1) is 18.8 Å². The molecular formula is C26H26FN3O4. The van der Waals surface area contributed by atoms with Crippen molar-refractivity contribution < 1.29 is 23.5 Å². The zero-order chi connectivity index (χ0) is 24.1. The highest BCUT2D eigenvalue weighted by atomic mass is 19.1. The van der Waals surface area contributed by atoms with Gasteiger partial charge in [0, 0.05) is 30.4 Å². The molecule has 1 heterocycles. The number of nitrogens with one attached hydrogen (secondary N) is 1. The number of halogens is 1. The molecule has 176 valence electrons. The van der Waals surface area contributed by atoms with Gasteiger partial charge in [0.25, 0.3) is 5.91 Å². The van der Waals surface area contributed by atoms with E-state index in [9.17, 15) is 18.8 Å². The van der Waals surface area contributed by atoms with Gasteiger partial charge in [-0.25, -0.2) is 4.39 Å². The van der Waals surface area contributed by atoms with E-state index in [1.165, 1.54) is 6.07 Å². The van der Waals surface area contributed by atoms with Crippen molar-refractivity contribution in [3.8, 4) is 5.75 Å². The quantitative estimate of drug-likeness (QED) is 0.544. The van der Waals surface area contributed by atoms with E-state index in [2.05, 4.69) is 15.5 Å². The molecule has 1 unspecified atom stereocenters. The number of carbonyl (C=O) groups excluding carboxylic acids is 3. The molecule has 2 aliphatic rings. The number of ketones is 1. The molecule has 0 radical (unpaired) electrons. The predicted molar refractivity (Wildman–Crippen MR) is 124 cm³/mol. The van der Waals surface area contributed by atoms with E-state index in [1.807, 2.05) is 0 Å². The monoisotopic (exact) mass is 463 g/mol. The lowest BCUT2D eigenvalue weighted by Crippen LogP contribution is -2.23. The molecule has 1 aliphatic heterocycles. The molecule has 0 saturated heterocycles. The Morgan fingerprint density at radius 2 is 1.85 bits per heavy atom. The zero-order valence-electron chi connectivity index (χ0n) is 19.0. The molecular weight excluding hydrogens is 437 g/mol. The number of amides is 2. The van der Waals surface area contributed by atoms with Crippen molar-refractivity contribution in [2.24, 2.45) is 10.2 Å². The smallest absolute Gasteiger partial charge is 0.291 e. The molecule has 7 nitrogen and oxygen atoms in total. The third-order valence-electron chi connectivity index (χ3n) is 6.18.